The molecule has 10 unspecified atom stereocenters. The summed E-state index contributed by atoms with van der Waals surface area (Å²) >= 11 is 0. The average Bonchev–Trinajstić information content (AvgIpc) is 3.22. The maximum Gasteiger partial charge on any atom is 0.222 e. The summed E-state index contributed by atoms with van der Waals surface area (Å²) < 4.78 is 34.0. The lowest BCUT2D eigenvalue weighted by Gasteiger charge is -2.40. The molecule has 0 bridgehead atoms. The molecule has 2 aliphatic rings. The Morgan fingerprint density at radius 1 is 0.550 bits per heavy atom. The van der Waals surface area contributed by atoms with Crippen LogP contribution in [0.15, 0.2) is 0 Å². The Kier molecular flexibility index (Phi) is 28.2. The van der Waals surface area contributed by atoms with Crippen LogP contribution < -0.4 is 16.0 Å². The van der Waals surface area contributed by atoms with Crippen molar-refractivity contribution in [2.45, 2.75) is 159 Å². The number of nitrogens with one attached hydrogen (secondary N) is 3. The fourth-order valence-corrected chi connectivity index (χ4v) is 6.72. The minimum absolute atomic E-state index is 0.00311. The van der Waals surface area contributed by atoms with Gasteiger partial charge < -0.3 is 79.8 Å². The largest absolute Gasteiger partial charge is 0.394 e. The van der Waals surface area contributed by atoms with Gasteiger partial charge in [-0.25, -0.2) is 0 Å². The molecule has 19 nitrogen and oxygen atoms in total. The van der Waals surface area contributed by atoms with Crippen molar-refractivity contribution in [3.63, 3.8) is 0 Å². The highest BCUT2D eigenvalue weighted by Crippen LogP contribution is 2.28. The molecule has 2 rings (SSSR count). The molecule has 3 amide bonds. The van der Waals surface area contributed by atoms with Crippen LogP contribution in [-0.4, -0.2) is 175 Å². The molecule has 0 aromatic rings. The molecular weight excluding hydrogens is 790 g/mol. The van der Waals surface area contributed by atoms with Crippen molar-refractivity contribution in [3.8, 4) is 0 Å². The second-order valence-electron chi connectivity index (χ2n) is 15.9. The highest BCUT2D eigenvalue weighted by molar-refractivity contribution is 5.79. The highest BCUT2D eigenvalue weighted by atomic mass is 16.7. The van der Waals surface area contributed by atoms with Gasteiger partial charge in [0.2, 0.25) is 17.7 Å². The van der Waals surface area contributed by atoms with E-state index < -0.39 is 80.3 Å². The Balaban J connectivity index is 1.55. The normalized spacial score (nSPS) is 27.3. The zero-order valence-electron chi connectivity index (χ0n) is 35.9. The molecule has 0 saturated carbocycles. The molecule has 0 aromatic carbocycles. The van der Waals surface area contributed by atoms with Crippen molar-refractivity contribution in [1.29, 1.82) is 0 Å². The molecule has 2 saturated heterocycles. The molecule has 10 atom stereocenters. The topological polar surface area (TPSA) is 281 Å². The molecule has 0 aromatic heterocycles. The second kappa shape index (κ2) is 31.4. The third kappa shape index (κ3) is 21.6. The molecule has 9 N–H and O–H groups in total. The van der Waals surface area contributed by atoms with Crippen LogP contribution in [0.1, 0.15) is 104 Å². The van der Waals surface area contributed by atoms with E-state index in [2.05, 4.69) is 16.0 Å². The van der Waals surface area contributed by atoms with Crippen molar-refractivity contribution >= 4 is 23.5 Å². The van der Waals surface area contributed by atoms with E-state index >= 15 is 0 Å². The van der Waals surface area contributed by atoms with Gasteiger partial charge in [0.1, 0.15) is 30.2 Å². The van der Waals surface area contributed by atoms with E-state index in [1.54, 1.807) is 13.8 Å². The van der Waals surface area contributed by atoms with Crippen LogP contribution >= 0.6 is 0 Å². The summed E-state index contributed by atoms with van der Waals surface area (Å²) in [4.78, 5) is 48.4. The number of hydrogen-bond donors (Lipinski definition) is 9. The fraction of sp³-hybridized carbons (Fsp3) is 0.902. The van der Waals surface area contributed by atoms with E-state index in [0.29, 0.717) is 39.1 Å². The number of aliphatic hydroxyl groups excluding tert-OH is 6. The third-order valence-electron chi connectivity index (χ3n) is 10.6. The number of hydrogen-bond acceptors (Lipinski definition) is 16. The van der Waals surface area contributed by atoms with Gasteiger partial charge in [-0.2, -0.15) is 0 Å². The first-order chi connectivity index (χ1) is 28.8. The number of rotatable bonds is 33. The van der Waals surface area contributed by atoms with Crippen molar-refractivity contribution in [3.05, 3.63) is 0 Å². The summed E-state index contributed by atoms with van der Waals surface area (Å²) in [5.41, 5.74) is 0. The molecule has 0 radical (unpaired) electrons. The number of carbonyl (C=O) groups is 4. The molecule has 60 heavy (non-hydrogen) atoms. The van der Waals surface area contributed by atoms with Gasteiger partial charge in [0.15, 0.2) is 12.6 Å². The summed E-state index contributed by atoms with van der Waals surface area (Å²) in [5.74, 6) is -1.45. The Bertz CT molecular complexity index is 1130. The lowest BCUT2D eigenvalue weighted by molar-refractivity contribution is -0.282. The van der Waals surface area contributed by atoms with Gasteiger partial charge in [0, 0.05) is 63.8 Å². The van der Waals surface area contributed by atoms with Crippen LogP contribution in [0.4, 0.5) is 0 Å². The first-order valence-electron chi connectivity index (χ1n) is 21.7. The smallest absolute Gasteiger partial charge is 0.222 e. The maximum absolute atomic E-state index is 12.5. The molecule has 350 valence electrons. The summed E-state index contributed by atoms with van der Waals surface area (Å²) in [5, 5.41) is 67.5. The van der Waals surface area contributed by atoms with Crippen molar-refractivity contribution < 1.29 is 78.2 Å². The van der Waals surface area contributed by atoms with Crippen LogP contribution in [0.25, 0.3) is 0 Å². The summed E-state index contributed by atoms with van der Waals surface area (Å²) in [6, 6.07) is -0.518. The summed E-state index contributed by atoms with van der Waals surface area (Å²) in [6.45, 7) is 6.34. The van der Waals surface area contributed by atoms with Crippen molar-refractivity contribution in [1.82, 2.24) is 16.0 Å². The zero-order chi connectivity index (χ0) is 44.3. The summed E-state index contributed by atoms with van der Waals surface area (Å²) in [7, 11) is 0. The zero-order valence-corrected chi connectivity index (χ0v) is 35.9. The van der Waals surface area contributed by atoms with Gasteiger partial charge in [0.05, 0.1) is 57.9 Å². The van der Waals surface area contributed by atoms with Crippen LogP contribution in [0.3, 0.4) is 0 Å². The summed E-state index contributed by atoms with van der Waals surface area (Å²) in [6.07, 6.45) is 0.0229. The Labute approximate surface area is 354 Å². The number of ether oxygens (including phenoxy) is 6. The molecule has 2 fully saturated rings. The first kappa shape index (κ1) is 53.7. The lowest BCUT2D eigenvalue weighted by atomic mass is 9.92. The van der Waals surface area contributed by atoms with E-state index in [0.717, 1.165) is 51.4 Å². The SMILES string of the molecule is CC(=O)CCCC(=O)NC(COCCC(=O)NCCCCCCOC1OC(CO)C(O)C(O)C1C)COCCC(=O)NCCCCCCOC1OC(CO)C(O)C(O)C1C. The van der Waals surface area contributed by atoms with Gasteiger partial charge >= 0.3 is 0 Å². The van der Waals surface area contributed by atoms with Gasteiger partial charge in [-0.1, -0.05) is 39.5 Å². The number of ketones is 1. The van der Waals surface area contributed by atoms with Crippen molar-refractivity contribution in [2.75, 3.05) is 65.9 Å². The first-order valence-corrected chi connectivity index (χ1v) is 21.7. The molecule has 0 aliphatic carbocycles. The van der Waals surface area contributed by atoms with Crippen LogP contribution in [0.2, 0.25) is 0 Å². The Morgan fingerprint density at radius 3 is 1.40 bits per heavy atom. The maximum atomic E-state index is 12.5. The van der Waals surface area contributed by atoms with Crippen LogP contribution in [0, 0.1) is 11.8 Å². The Hall–Kier alpha value is -2.40. The molecule has 19 heteroatoms. The lowest BCUT2D eigenvalue weighted by Crippen LogP contribution is -2.55. The quantitative estimate of drug-likeness (QED) is 0.0379. The van der Waals surface area contributed by atoms with Crippen LogP contribution in [-0.2, 0) is 47.6 Å². The molecular formula is C41H75N3O16. The number of aliphatic hydroxyl groups is 6. The number of unbranched alkanes of at least 4 members (excludes halogenated alkanes) is 6. The highest BCUT2D eigenvalue weighted by Gasteiger charge is 2.43. The van der Waals surface area contributed by atoms with E-state index in [1.165, 1.54) is 6.92 Å². The minimum Gasteiger partial charge on any atom is -0.394 e. The minimum atomic E-state index is -1.16. The monoisotopic (exact) mass is 866 g/mol. The van der Waals surface area contributed by atoms with E-state index in [9.17, 15) is 49.8 Å². The number of amides is 3. The molecule has 2 aliphatic heterocycles. The Morgan fingerprint density at radius 2 is 0.983 bits per heavy atom. The number of Topliss-reactive ketones (excluding diaryl/α,β-unsaturated/α-hetero) is 1. The second-order valence-corrected chi connectivity index (χ2v) is 15.9. The number of carbonyl (C=O) groups excluding carboxylic acids is 4. The van der Waals surface area contributed by atoms with E-state index in [1.807, 2.05) is 0 Å². The standard InChI is InChI=1S/C41H75N3O16/c1-27(47)13-12-14-35(50)44-30(25-55-21-15-33(48)42-17-8-4-6-10-19-57-40-28(2)36(51)38(53)31(23-45)59-40)26-56-22-16-34(49)43-18-9-5-7-11-20-58-41-29(3)37(52)39(54)32(24-46)60-41/h28-32,36-41,45-46,51-54H,4-26H2,1-3H3,(H,42,48)(H,43,49)(H,44,50). The predicted octanol–water partition coefficient (Wildman–Crippen LogP) is -0.419. The van der Waals surface area contributed by atoms with Crippen LogP contribution in [0.5, 0.6) is 0 Å². The predicted molar refractivity (Wildman–Crippen MR) is 216 cm³/mol. The molecule has 2 heterocycles. The van der Waals surface area contributed by atoms with E-state index in [-0.39, 0.29) is 69.2 Å². The van der Waals surface area contributed by atoms with E-state index in [4.69, 9.17) is 28.4 Å². The third-order valence-corrected chi connectivity index (χ3v) is 10.6. The average molecular weight is 866 g/mol. The van der Waals surface area contributed by atoms with Gasteiger partial charge in [0.25, 0.3) is 0 Å². The fourth-order valence-electron chi connectivity index (χ4n) is 6.72. The van der Waals surface area contributed by atoms with Gasteiger partial charge in [-0.3, -0.25) is 14.4 Å². The van der Waals surface area contributed by atoms with Gasteiger partial charge in [-0.05, 0) is 39.0 Å². The molecule has 0 spiro atoms. The van der Waals surface area contributed by atoms with Gasteiger partial charge in [-0.15, -0.1) is 0 Å². The van der Waals surface area contributed by atoms with Crippen molar-refractivity contribution in [2.24, 2.45) is 11.8 Å².